The topological polar surface area (TPSA) is 56.7 Å². The van der Waals surface area contributed by atoms with Gasteiger partial charge < -0.3 is 5.73 Å². The number of aromatic nitrogens is 3. The molecule has 2 heterocycles. The maximum Gasteiger partial charge on any atom is 0.153 e. The summed E-state index contributed by atoms with van der Waals surface area (Å²) in [7, 11) is 0. The monoisotopic (exact) mass is 188 g/mol. The SMILES string of the molecule is NCCc1ccc(-n2cccn2)nc1. The normalized spacial score (nSPS) is 10.4. The Hall–Kier alpha value is -1.68. The Kier molecular flexibility index (Phi) is 2.55. The smallest absolute Gasteiger partial charge is 0.153 e. The highest BCUT2D eigenvalue weighted by Crippen LogP contribution is 2.04. The fraction of sp³-hybridized carbons (Fsp3) is 0.200. The summed E-state index contributed by atoms with van der Waals surface area (Å²) in [6, 6.07) is 5.84. The number of rotatable bonds is 3. The van der Waals surface area contributed by atoms with Crippen molar-refractivity contribution in [2.75, 3.05) is 6.54 Å². The molecule has 0 amide bonds. The van der Waals surface area contributed by atoms with Crippen LogP contribution in [-0.4, -0.2) is 21.3 Å². The first-order valence-corrected chi connectivity index (χ1v) is 4.55. The fourth-order valence-electron chi connectivity index (χ4n) is 1.27. The first-order valence-electron chi connectivity index (χ1n) is 4.55. The molecule has 14 heavy (non-hydrogen) atoms. The molecule has 0 aromatic carbocycles. The van der Waals surface area contributed by atoms with E-state index in [0.717, 1.165) is 17.8 Å². The summed E-state index contributed by atoms with van der Waals surface area (Å²) >= 11 is 0. The molecule has 72 valence electrons. The molecular formula is C10H12N4. The van der Waals surface area contributed by atoms with E-state index in [1.54, 1.807) is 10.9 Å². The second-order valence-electron chi connectivity index (χ2n) is 3.01. The molecule has 0 atom stereocenters. The standard InChI is InChI=1S/C10H12N4/c11-5-4-9-2-3-10(12-8-9)14-7-1-6-13-14/h1-3,6-8H,4-5,11H2. The molecule has 2 rings (SSSR count). The van der Waals surface area contributed by atoms with Crippen LogP contribution in [0.2, 0.25) is 0 Å². The van der Waals surface area contributed by atoms with Gasteiger partial charge in [0.25, 0.3) is 0 Å². The summed E-state index contributed by atoms with van der Waals surface area (Å²) in [6.45, 7) is 0.656. The van der Waals surface area contributed by atoms with Crippen LogP contribution in [-0.2, 0) is 6.42 Å². The van der Waals surface area contributed by atoms with Crippen LogP contribution in [0.4, 0.5) is 0 Å². The number of pyridine rings is 1. The molecule has 0 aliphatic carbocycles. The van der Waals surface area contributed by atoms with E-state index in [9.17, 15) is 0 Å². The van der Waals surface area contributed by atoms with Crippen LogP contribution in [0.5, 0.6) is 0 Å². The second kappa shape index (κ2) is 4.02. The maximum absolute atomic E-state index is 5.45. The van der Waals surface area contributed by atoms with Gasteiger partial charge in [0.15, 0.2) is 5.82 Å². The number of hydrogen-bond acceptors (Lipinski definition) is 3. The predicted molar refractivity (Wildman–Crippen MR) is 54.1 cm³/mol. The molecular weight excluding hydrogens is 176 g/mol. The molecule has 0 aliphatic rings. The van der Waals surface area contributed by atoms with Gasteiger partial charge in [0.05, 0.1) is 0 Å². The van der Waals surface area contributed by atoms with Gasteiger partial charge in [-0.15, -0.1) is 0 Å². The molecule has 0 fully saturated rings. The van der Waals surface area contributed by atoms with Crippen molar-refractivity contribution in [3.8, 4) is 5.82 Å². The average molecular weight is 188 g/mol. The minimum atomic E-state index is 0.656. The largest absolute Gasteiger partial charge is 0.330 e. The van der Waals surface area contributed by atoms with Crippen LogP contribution in [0.25, 0.3) is 5.82 Å². The van der Waals surface area contributed by atoms with Crippen LogP contribution in [0.15, 0.2) is 36.8 Å². The molecule has 0 saturated carbocycles. The molecule has 0 spiro atoms. The van der Waals surface area contributed by atoms with E-state index in [1.807, 2.05) is 30.6 Å². The van der Waals surface area contributed by atoms with Crippen molar-refractivity contribution in [1.29, 1.82) is 0 Å². The lowest BCUT2D eigenvalue weighted by molar-refractivity contribution is 0.841. The zero-order chi connectivity index (χ0) is 9.80. The van der Waals surface area contributed by atoms with Crippen LogP contribution < -0.4 is 5.73 Å². The lowest BCUT2D eigenvalue weighted by Crippen LogP contribution is -2.04. The maximum atomic E-state index is 5.45. The van der Waals surface area contributed by atoms with Gasteiger partial charge in [0.2, 0.25) is 0 Å². The summed E-state index contributed by atoms with van der Waals surface area (Å²) in [5.41, 5.74) is 6.60. The molecule has 4 nitrogen and oxygen atoms in total. The van der Waals surface area contributed by atoms with E-state index >= 15 is 0 Å². The van der Waals surface area contributed by atoms with Gasteiger partial charge in [-0.1, -0.05) is 6.07 Å². The Labute approximate surface area is 82.4 Å². The molecule has 4 heteroatoms. The van der Waals surface area contributed by atoms with Gasteiger partial charge in [-0.25, -0.2) is 9.67 Å². The van der Waals surface area contributed by atoms with Crippen molar-refractivity contribution < 1.29 is 0 Å². The highest BCUT2D eigenvalue weighted by Gasteiger charge is 1.97. The molecule has 0 unspecified atom stereocenters. The van der Waals surface area contributed by atoms with Gasteiger partial charge in [-0.3, -0.25) is 0 Å². The van der Waals surface area contributed by atoms with Gasteiger partial charge in [0.1, 0.15) is 0 Å². The Morgan fingerprint density at radius 3 is 2.86 bits per heavy atom. The first kappa shape index (κ1) is 8.90. The van der Waals surface area contributed by atoms with Gasteiger partial charge in [-0.2, -0.15) is 5.10 Å². The molecule has 0 bridgehead atoms. The lowest BCUT2D eigenvalue weighted by atomic mass is 10.2. The van der Waals surface area contributed by atoms with E-state index in [-0.39, 0.29) is 0 Å². The highest BCUT2D eigenvalue weighted by atomic mass is 15.3. The number of nitrogens with zero attached hydrogens (tertiary/aromatic N) is 3. The lowest BCUT2D eigenvalue weighted by Gasteiger charge is -2.01. The van der Waals surface area contributed by atoms with Crippen LogP contribution in [0.1, 0.15) is 5.56 Å². The van der Waals surface area contributed by atoms with E-state index in [4.69, 9.17) is 5.73 Å². The van der Waals surface area contributed by atoms with Crippen molar-refractivity contribution in [2.45, 2.75) is 6.42 Å². The van der Waals surface area contributed by atoms with Gasteiger partial charge >= 0.3 is 0 Å². The van der Waals surface area contributed by atoms with Gasteiger partial charge in [-0.05, 0) is 30.7 Å². The quantitative estimate of drug-likeness (QED) is 0.774. The summed E-state index contributed by atoms with van der Waals surface area (Å²) in [6.07, 6.45) is 6.30. The van der Waals surface area contributed by atoms with Crippen molar-refractivity contribution in [2.24, 2.45) is 5.73 Å². The van der Waals surface area contributed by atoms with Crippen molar-refractivity contribution in [1.82, 2.24) is 14.8 Å². The molecule has 2 aromatic rings. The fourth-order valence-corrected chi connectivity index (χ4v) is 1.27. The highest BCUT2D eigenvalue weighted by molar-refractivity contribution is 5.24. The molecule has 0 saturated heterocycles. The Morgan fingerprint density at radius 2 is 2.29 bits per heavy atom. The zero-order valence-corrected chi connectivity index (χ0v) is 7.80. The summed E-state index contributed by atoms with van der Waals surface area (Å²) in [4.78, 5) is 4.28. The second-order valence-corrected chi connectivity index (χ2v) is 3.01. The molecule has 2 aromatic heterocycles. The Balaban J connectivity index is 2.22. The van der Waals surface area contributed by atoms with Crippen molar-refractivity contribution in [3.63, 3.8) is 0 Å². The summed E-state index contributed by atoms with van der Waals surface area (Å²) in [5.74, 6) is 0.829. The molecule has 0 radical (unpaired) electrons. The van der Waals surface area contributed by atoms with Crippen LogP contribution in [0.3, 0.4) is 0 Å². The summed E-state index contributed by atoms with van der Waals surface area (Å²) < 4.78 is 1.73. The number of nitrogens with two attached hydrogens (primary N) is 1. The number of hydrogen-bond donors (Lipinski definition) is 1. The zero-order valence-electron chi connectivity index (χ0n) is 7.80. The third-order valence-electron chi connectivity index (χ3n) is 1.98. The van der Waals surface area contributed by atoms with Crippen molar-refractivity contribution >= 4 is 0 Å². The van der Waals surface area contributed by atoms with E-state index in [2.05, 4.69) is 10.1 Å². The molecule has 0 aliphatic heterocycles. The van der Waals surface area contributed by atoms with Crippen molar-refractivity contribution in [3.05, 3.63) is 42.4 Å². The van der Waals surface area contributed by atoms with Gasteiger partial charge in [0, 0.05) is 18.6 Å². The van der Waals surface area contributed by atoms with E-state index in [1.165, 1.54) is 0 Å². The first-order chi connectivity index (χ1) is 6.90. The van der Waals surface area contributed by atoms with E-state index in [0.29, 0.717) is 6.54 Å². The Morgan fingerprint density at radius 1 is 1.36 bits per heavy atom. The van der Waals surface area contributed by atoms with Crippen LogP contribution in [0, 0.1) is 0 Å². The third kappa shape index (κ3) is 1.80. The molecule has 2 N–H and O–H groups in total. The minimum Gasteiger partial charge on any atom is -0.330 e. The Bertz CT molecular complexity index is 377. The average Bonchev–Trinajstić information content (AvgIpc) is 2.72. The minimum absolute atomic E-state index is 0.656. The third-order valence-corrected chi connectivity index (χ3v) is 1.98. The predicted octanol–water partition coefficient (Wildman–Crippen LogP) is 0.768. The van der Waals surface area contributed by atoms with Crippen LogP contribution >= 0.6 is 0 Å². The summed E-state index contributed by atoms with van der Waals surface area (Å²) in [5, 5.41) is 4.09. The van der Waals surface area contributed by atoms with E-state index < -0.39 is 0 Å².